The van der Waals surface area contributed by atoms with Crippen LogP contribution in [0.25, 0.3) is 22.5 Å². The monoisotopic (exact) mass is 319 g/mol. The molecule has 120 valence electrons. The van der Waals surface area contributed by atoms with Crippen molar-refractivity contribution in [3.05, 3.63) is 66.3 Å². The molecule has 4 rings (SSSR count). The number of nitrogens with one attached hydrogen (secondary N) is 1. The van der Waals surface area contributed by atoms with Crippen LogP contribution in [-0.4, -0.2) is 26.8 Å². The van der Waals surface area contributed by atoms with Crippen molar-refractivity contribution in [3.63, 3.8) is 0 Å². The molecule has 24 heavy (non-hydrogen) atoms. The standard InChI is InChI=1S/C18H17N5O/c1-19-11-16-20-14-9-5-6-10-15(14)23(16)12-17-21-22-18(24-17)13-7-3-2-4-8-13/h2-10,19H,11-12H2,1H3. The maximum atomic E-state index is 5.83. The van der Waals surface area contributed by atoms with Crippen LogP contribution in [0.3, 0.4) is 0 Å². The molecule has 6 nitrogen and oxygen atoms in total. The summed E-state index contributed by atoms with van der Waals surface area (Å²) in [6.45, 7) is 1.17. The second-order valence-corrected chi connectivity index (χ2v) is 5.50. The molecular weight excluding hydrogens is 302 g/mol. The summed E-state index contributed by atoms with van der Waals surface area (Å²) in [6, 6.07) is 17.8. The highest BCUT2D eigenvalue weighted by Crippen LogP contribution is 2.20. The summed E-state index contributed by atoms with van der Waals surface area (Å²) in [7, 11) is 1.91. The Hall–Kier alpha value is -2.99. The van der Waals surface area contributed by atoms with E-state index in [0.717, 1.165) is 22.4 Å². The predicted octanol–water partition coefficient (Wildman–Crippen LogP) is 2.85. The third-order valence-corrected chi connectivity index (χ3v) is 3.85. The van der Waals surface area contributed by atoms with Gasteiger partial charge in [-0.3, -0.25) is 0 Å². The molecule has 0 aliphatic heterocycles. The van der Waals surface area contributed by atoms with Crippen molar-refractivity contribution in [2.75, 3.05) is 7.05 Å². The lowest BCUT2D eigenvalue weighted by Gasteiger charge is -2.06. The molecule has 0 unspecified atom stereocenters. The van der Waals surface area contributed by atoms with E-state index in [1.807, 2.05) is 55.6 Å². The first kappa shape index (κ1) is 14.6. The maximum absolute atomic E-state index is 5.83. The van der Waals surface area contributed by atoms with E-state index in [4.69, 9.17) is 4.42 Å². The van der Waals surface area contributed by atoms with E-state index in [1.54, 1.807) is 0 Å². The fraction of sp³-hybridized carbons (Fsp3) is 0.167. The Balaban J connectivity index is 1.69. The quantitative estimate of drug-likeness (QED) is 0.612. The molecule has 0 saturated heterocycles. The van der Waals surface area contributed by atoms with Crippen molar-refractivity contribution in [3.8, 4) is 11.5 Å². The van der Waals surface area contributed by atoms with Crippen LogP contribution in [0.2, 0.25) is 0 Å². The Bertz CT molecular complexity index is 958. The van der Waals surface area contributed by atoms with E-state index < -0.39 is 0 Å². The summed E-state index contributed by atoms with van der Waals surface area (Å²) < 4.78 is 7.94. The molecule has 0 saturated carbocycles. The van der Waals surface area contributed by atoms with Gasteiger partial charge in [-0.15, -0.1) is 10.2 Å². The minimum atomic E-state index is 0.497. The average Bonchev–Trinajstić information content (AvgIpc) is 3.22. The molecule has 0 radical (unpaired) electrons. The Morgan fingerprint density at radius 1 is 1.00 bits per heavy atom. The van der Waals surface area contributed by atoms with Gasteiger partial charge in [0.2, 0.25) is 11.8 Å². The molecule has 0 atom stereocenters. The number of hydrogen-bond donors (Lipinski definition) is 1. The minimum absolute atomic E-state index is 0.497. The van der Waals surface area contributed by atoms with Crippen molar-refractivity contribution in [1.29, 1.82) is 0 Å². The molecule has 0 aliphatic carbocycles. The van der Waals surface area contributed by atoms with E-state index in [9.17, 15) is 0 Å². The van der Waals surface area contributed by atoms with Crippen LogP contribution in [0.4, 0.5) is 0 Å². The van der Waals surface area contributed by atoms with E-state index in [1.165, 1.54) is 0 Å². The van der Waals surface area contributed by atoms with Crippen molar-refractivity contribution in [2.24, 2.45) is 0 Å². The highest BCUT2D eigenvalue weighted by Gasteiger charge is 2.14. The molecule has 0 spiro atoms. The smallest absolute Gasteiger partial charge is 0.247 e. The van der Waals surface area contributed by atoms with Crippen LogP contribution in [0.15, 0.2) is 59.0 Å². The zero-order valence-electron chi connectivity index (χ0n) is 13.3. The highest BCUT2D eigenvalue weighted by atomic mass is 16.4. The lowest BCUT2D eigenvalue weighted by molar-refractivity contribution is 0.485. The van der Waals surface area contributed by atoms with Gasteiger partial charge in [-0.25, -0.2) is 4.98 Å². The molecule has 2 heterocycles. The normalized spacial score (nSPS) is 11.2. The molecule has 2 aromatic carbocycles. The lowest BCUT2D eigenvalue weighted by atomic mass is 10.2. The first-order valence-corrected chi connectivity index (χ1v) is 7.81. The van der Waals surface area contributed by atoms with Crippen molar-refractivity contribution < 1.29 is 4.42 Å². The van der Waals surface area contributed by atoms with Crippen LogP contribution < -0.4 is 5.32 Å². The molecule has 2 aromatic heterocycles. The number of aromatic nitrogens is 4. The minimum Gasteiger partial charge on any atom is -0.419 e. The van der Waals surface area contributed by atoms with Gasteiger partial charge in [-0.2, -0.15) is 0 Å². The van der Waals surface area contributed by atoms with Gasteiger partial charge in [-0.1, -0.05) is 30.3 Å². The maximum Gasteiger partial charge on any atom is 0.247 e. The van der Waals surface area contributed by atoms with E-state index in [-0.39, 0.29) is 0 Å². The van der Waals surface area contributed by atoms with Crippen LogP contribution >= 0.6 is 0 Å². The number of imidazole rings is 1. The number of benzene rings is 2. The average molecular weight is 319 g/mol. The third-order valence-electron chi connectivity index (χ3n) is 3.85. The summed E-state index contributed by atoms with van der Waals surface area (Å²) in [5, 5.41) is 11.5. The fourth-order valence-corrected chi connectivity index (χ4v) is 2.75. The van der Waals surface area contributed by atoms with Gasteiger partial charge in [0.25, 0.3) is 0 Å². The Morgan fingerprint density at radius 3 is 2.62 bits per heavy atom. The molecule has 0 aliphatic rings. The number of fused-ring (bicyclic) bond motifs is 1. The summed E-state index contributed by atoms with van der Waals surface area (Å²) in [5.74, 6) is 2.04. The summed E-state index contributed by atoms with van der Waals surface area (Å²) in [6.07, 6.45) is 0. The molecule has 0 amide bonds. The first-order chi connectivity index (χ1) is 11.8. The number of para-hydroxylation sites is 2. The fourth-order valence-electron chi connectivity index (χ4n) is 2.75. The van der Waals surface area contributed by atoms with Gasteiger partial charge < -0.3 is 14.3 Å². The zero-order valence-corrected chi connectivity index (χ0v) is 13.3. The predicted molar refractivity (Wildman–Crippen MR) is 91.3 cm³/mol. The van der Waals surface area contributed by atoms with Gasteiger partial charge in [0.1, 0.15) is 12.4 Å². The van der Waals surface area contributed by atoms with Gasteiger partial charge in [0, 0.05) is 5.56 Å². The third kappa shape index (κ3) is 2.68. The number of nitrogens with zero attached hydrogens (tertiary/aromatic N) is 4. The van der Waals surface area contributed by atoms with Crippen LogP contribution in [0.5, 0.6) is 0 Å². The van der Waals surface area contributed by atoms with Crippen LogP contribution in [-0.2, 0) is 13.1 Å². The van der Waals surface area contributed by atoms with Gasteiger partial charge in [0.05, 0.1) is 17.6 Å². The molecule has 1 N–H and O–H groups in total. The molecular formula is C18H17N5O. The van der Waals surface area contributed by atoms with E-state index in [2.05, 4.69) is 31.1 Å². The summed E-state index contributed by atoms with van der Waals surface area (Å²) >= 11 is 0. The van der Waals surface area contributed by atoms with Gasteiger partial charge in [0.15, 0.2) is 0 Å². The van der Waals surface area contributed by atoms with Crippen LogP contribution in [0, 0.1) is 0 Å². The Kier molecular flexibility index (Phi) is 3.80. The van der Waals surface area contributed by atoms with E-state index in [0.29, 0.717) is 24.9 Å². The number of rotatable bonds is 5. The molecule has 0 fully saturated rings. The lowest BCUT2D eigenvalue weighted by Crippen LogP contribution is -2.13. The van der Waals surface area contributed by atoms with Crippen molar-refractivity contribution in [2.45, 2.75) is 13.1 Å². The summed E-state index contributed by atoms with van der Waals surface area (Å²) in [4.78, 5) is 4.67. The largest absolute Gasteiger partial charge is 0.419 e. The summed E-state index contributed by atoms with van der Waals surface area (Å²) in [5.41, 5.74) is 2.94. The topological polar surface area (TPSA) is 68.8 Å². The second kappa shape index (κ2) is 6.25. The molecule has 6 heteroatoms. The Morgan fingerprint density at radius 2 is 1.79 bits per heavy atom. The Labute approximate surface area is 139 Å². The first-order valence-electron chi connectivity index (χ1n) is 7.81. The molecule has 0 bridgehead atoms. The number of hydrogen-bond acceptors (Lipinski definition) is 5. The van der Waals surface area contributed by atoms with Crippen molar-refractivity contribution >= 4 is 11.0 Å². The van der Waals surface area contributed by atoms with Gasteiger partial charge >= 0.3 is 0 Å². The van der Waals surface area contributed by atoms with Crippen molar-refractivity contribution in [1.82, 2.24) is 25.1 Å². The highest BCUT2D eigenvalue weighted by molar-refractivity contribution is 5.76. The van der Waals surface area contributed by atoms with Gasteiger partial charge in [-0.05, 0) is 31.3 Å². The van der Waals surface area contributed by atoms with E-state index >= 15 is 0 Å². The molecule has 4 aromatic rings. The zero-order chi connectivity index (χ0) is 16.4. The second-order valence-electron chi connectivity index (χ2n) is 5.50. The van der Waals surface area contributed by atoms with Crippen LogP contribution in [0.1, 0.15) is 11.7 Å². The SMILES string of the molecule is CNCc1nc2ccccc2n1Cc1nnc(-c2ccccc2)o1.